The summed E-state index contributed by atoms with van der Waals surface area (Å²) in [4.78, 5) is 290. The molecule has 0 aromatic heterocycles. The molecule has 0 saturated carbocycles. The molecule has 59 nitrogen and oxygen atoms in total. The van der Waals surface area contributed by atoms with E-state index in [2.05, 4.69) is 21.3 Å². The number of amides is 20. The topological polar surface area (TPSA) is 952 Å². The molecule has 0 aliphatic carbocycles. The van der Waals surface area contributed by atoms with Gasteiger partial charge in [-0.15, -0.1) is 0 Å². The van der Waals surface area contributed by atoms with Gasteiger partial charge in [-0.3, -0.25) is 95.9 Å². The van der Waals surface area contributed by atoms with E-state index in [0.717, 1.165) is 38.5 Å². The fourth-order valence-electron chi connectivity index (χ4n) is 11.2. The lowest BCUT2D eigenvalue weighted by Gasteiger charge is -2.23. The van der Waals surface area contributed by atoms with Crippen LogP contribution < -0.4 is 117 Å². The summed E-state index contributed by atoms with van der Waals surface area (Å²) in [6, 6.07) is -18.9. The van der Waals surface area contributed by atoms with Crippen LogP contribution in [0.15, 0.2) is 24.3 Å². The van der Waals surface area contributed by atoms with Gasteiger partial charge in [-0.2, -0.15) is 0 Å². The van der Waals surface area contributed by atoms with Gasteiger partial charge in [0, 0.05) is 19.4 Å². The summed E-state index contributed by atoms with van der Waals surface area (Å²) in [5.74, 6) is -25.9. The number of nitrogens with one attached hydrogen (secondary N) is 20. The quantitative estimate of drug-likeness (QED) is 0.0213. The molecular formula is C77H123N21O38. The summed E-state index contributed by atoms with van der Waals surface area (Å²) in [7, 11) is 0. The Bertz CT molecular complexity index is 4120. The van der Waals surface area contributed by atoms with Crippen LogP contribution in [0.2, 0.25) is 0 Å². The van der Waals surface area contributed by atoms with Crippen LogP contribution >= 0.6 is 0 Å². The third kappa shape index (κ3) is 49.0. The zero-order chi connectivity index (χ0) is 102. The van der Waals surface area contributed by atoms with Crippen molar-refractivity contribution in [1.29, 1.82) is 0 Å². The Kier molecular flexibility index (Phi) is 60.7. The summed E-state index contributed by atoms with van der Waals surface area (Å²) >= 11 is 0. The number of aliphatic hydroxyl groups is 12. The third-order valence-electron chi connectivity index (χ3n) is 18.9. The van der Waals surface area contributed by atoms with E-state index in [9.17, 15) is 177 Å². The van der Waals surface area contributed by atoms with Crippen LogP contribution in [0.25, 0.3) is 0 Å². The molecule has 0 fully saturated rings. The second kappa shape index (κ2) is 68.5. The van der Waals surface area contributed by atoms with E-state index in [1.807, 2.05) is 85.1 Å². The molecule has 1 aromatic carbocycles. The number of carboxylic acid groups (broad SMARTS) is 2. The molecule has 136 heavy (non-hydrogen) atoms. The lowest BCUT2D eigenvalue weighted by Crippen LogP contribution is -2.59. The van der Waals surface area contributed by atoms with E-state index < -0.39 is 346 Å². The SMILES string of the molecule is N[C@H](C=O)CCCCNC(=O)CNC(=O)[C@H](CO)NC(=O)[C@H](CO)NC(=O)CNC(=O)[C@H](CO)NC(=O)[C@H](CO)NC(=O)CNC(=O)[C@H](CO)NC(=O)[C@H](CO)NC(=O)CNC(=O)[C@H](CO)NC(=O)[C@H](CO)NC(=O)CNC(=O)[C@H](CO)NC(=O)[C@H](CO)NC(=O)CNC(=O)[C@H](CO)NC(=O)[C@H](CO)NC(=O)CC[C@H](NC(=O)CCCCCCCCCCOc1ccc(C(=O)O)cc1)C(=O)O. The van der Waals surface area contributed by atoms with Crippen LogP contribution in [0.5, 0.6) is 5.75 Å². The maximum atomic E-state index is 13.1. The number of carbonyl (C=O) groups is 23. The number of aliphatic carboxylic acids is 1. The maximum absolute atomic E-state index is 13.1. The summed E-state index contributed by atoms with van der Waals surface area (Å²) in [5.41, 5.74) is 5.65. The average molecular weight is 1950 g/mol. The van der Waals surface area contributed by atoms with E-state index >= 15 is 0 Å². The molecule has 0 spiro atoms. The molecule has 59 heteroatoms. The van der Waals surface area contributed by atoms with Gasteiger partial charge in [0.05, 0.1) is 137 Å². The van der Waals surface area contributed by atoms with Crippen LogP contribution in [-0.4, -0.2) is 424 Å². The van der Waals surface area contributed by atoms with E-state index in [4.69, 9.17) is 15.6 Å². The van der Waals surface area contributed by atoms with Crippen LogP contribution in [0.3, 0.4) is 0 Å². The number of carbonyl (C=O) groups excluding carboxylic acids is 21. The molecule has 36 N–H and O–H groups in total. The van der Waals surface area contributed by atoms with Gasteiger partial charge in [0.2, 0.25) is 118 Å². The van der Waals surface area contributed by atoms with Gasteiger partial charge in [0.1, 0.15) is 90.6 Å². The van der Waals surface area contributed by atoms with Crippen molar-refractivity contribution >= 4 is 136 Å². The van der Waals surface area contributed by atoms with Crippen molar-refractivity contribution in [2.24, 2.45) is 5.73 Å². The highest BCUT2D eigenvalue weighted by atomic mass is 16.5. The van der Waals surface area contributed by atoms with Gasteiger partial charge in [0.25, 0.3) is 0 Å². The number of nitrogens with two attached hydrogens (primary N) is 1. The van der Waals surface area contributed by atoms with Gasteiger partial charge in [0.15, 0.2) is 0 Å². The Hall–Kier alpha value is -13.5. The van der Waals surface area contributed by atoms with E-state index in [-0.39, 0.29) is 18.5 Å². The van der Waals surface area contributed by atoms with Crippen molar-refractivity contribution < 1.29 is 187 Å². The first-order chi connectivity index (χ1) is 64.7. The second-order valence-corrected chi connectivity index (χ2v) is 29.5. The summed E-state index contributed by atoms with van der Waals surface area (Å²) in [5, 5.41) is 178. The van der Waals surface area contributed by atoms with Crippen molar-refractivity contribution in [2.45, 2.75) is 174 Å². The Balaban J connectivity index is 2.64. The normalized spacial score (nSPS) is 13.9. The fraction of sp³-hybridized carbons (Fsp3) is 0.623. The molecule has 0 aliphatic heterocycles. The number of rotatable bonds is 72. The summed E-state index contributed by atoms with van der Waals surface area (Å²) < 4.78 is 5.63. The molecule has 0 bridgehead atoms. The molecule has 0 unspecified atom stereocenters. The Morgan fingerprint density at radius 2 is 0.507 bits per heavy atom. The van der Waals surface area contributed by atoms with Crippen molar-refractivity contribution in [3.63, 3.8) is 0 Å². The molecule has 0 saturated heterocycles. The highest BCUT2D eigenvalue weighted by Crippen LogP contribution is 2.15. The standard InChI is InChI=1S/C77H123N21O38/c78-41(27-99)11-8-9-19-79-58(114)21-80-64(120)44(28-100)94-71(127)51(35-107)88-60(116)23-82-66(122)46(30-102)96-73(129)53(37-109)90-62(118)25-84-68(124)48(32-104)98-75(131)55(39-111)92-63(119)26-85-69(125)49(33-105)97-74(130)54(38-110)91-61(117)24-83-67(123)47(31-103)95-72(128)52(36-108)89-59(115)22-81-65(121)45(29-101)93-70(126)50(34-106)87-57(113)18-17-43(77(134)135)86-56(112)12-7-5-3-1-2-4-6-10-20-136-42-15-13-40(14-16-42)76(132)133/h13-16,27,41,43-55,100-111H,1-12,17-26,28-39,78H2,(H,79,114)(H,80,120)(H,81,121)(H,82,122)(H,83,123)(H,84,124)(H,85,125)(H,86,112)(H,87,113)(H,88,116)(H,89,115)(H,90,118)(H,91,117)(H,92,119)(H,93,126)(H,94,127)(H,95,128)(H,96,129)(H,97,130)(H,98,131)(H,132,133)(H,134,135)/t41-,43-,44-,45-,46-,47-,48-,49-,50-,51-,52-,53-,54-,55-/m0/s1. The Morgan fingerprint density at radius 3 is 0.772 bits per heavy atom. The number of unbranched alkanes of at least 4 members (excludes halogenated alkanes) is 8. The first-order valence-electron chi connectivity index (χ1n) is 42.2. The molecule has 1 rings (SSSR count). The van der Waals surface area contributed by atoms with E-state index in [0.29, 0.717) is 50.7 Å². The van der Waals surface area contributed by atoms with Gasteiger partial charge in [-0.25, -0.2) is 9.59 Å². The van der Waals surface area contributed by atoms with Gasteiger partial charge in [-0.1, -0.05) is 38.5 Å². The number of benzene rings is 1. The molecule has 20 amide bonds. The lowest BCUT2D eigenvalue weighted by molar-refractivity contribution is -0.142. The van der Waals surface area contributed by atoms with Crippen LogP contribution in [0.1, 0.15) is 100 Å². The van der Waals surface area contributed by atoms with Crippen molar-refractivity contribution in [3.05, 3.63) is 29.8 Å². The minimum Gasteiger partial charge on any atom is -0.494 e. The minimum atomic E-state index is -1.97. The Labute approximate surface area is 774 Å². The van der Waals surface area contributed by atoms with Gasteiger partial charge < -0.3 is 193 Å². The molecule has 1 aromatic rings. The van der Waals surface area contributed by atoms with Crippen molar-refractivity contribution in [2.75, 3.05) is 132 Å². The van der Waals surface area contributed by atoms with Crippen LogP contribution in [-0.2, 0) is 105 Å². The van der Waals surface area contributed by atoms with E-state index in [1.165, 1.54) is 12.1 Å². The smallest absolute Gasteiger partial charge is 0.335 e. The number of carboxylic acids is 2. The monoisotopic (exact) mass is 1950 g/mol. The highest BCUT2D eigenvalue weighted by Gasteiger charge is 2.35. The molecule has 0 heterocycles. The predicted octanol–water partition coefficient (Wildman–Crippen LogP) is -20.1. The highest BCUT2D eigenvalue weighted by molar-refractivity contribution is 6.01. The Morgan fingerprint density at radius 1 is 0.265 bits per heavy atom. The zero-order valence-electron chi connectivity index (χ0n) is 73.6. The molecule has 0 aliphatic rings. The number of ether oxygens (including phenoxy) is 1. The number of aromatic carboxylic acids is 1. The first-order valence-corrected chi connectivity index (χ1v) is 42.2. The molecule has 0 radical (unpaired) electrons. The largest absolute Gasteiger partial charge is 0.494 e. The maximum Gasteiger partial charge on any atom is 0.335 e. The second-order valence-electron chi connectivity index (χ2n) is 29.5. The molecule has 14 atom stereocenters. The van der Waals surface area contributed by atoms with Crippen molar-refractivity contribution in [3.8, 4) is 5.75 Å². The van der Waals surface area contributed by atoms with Gasteiger partial charge >= 0.3 is 11.9 Å². The first kappa shape index (κ1) is 121. The summed E-state index contributed by atoms with van der Waals surface area (Å²) in [6.45, 7) is -19.3. The summed E-state index contributed by atoms with van der Waals surface area (Å²) in [6.07, 6.45) is 7.30. The average Bonchev–Trinajstić information content (AvgIpc) is 0.873. The fourth-order valence-corrected chi connectivity index (χ4v) is 11.2. The third-order valence-corrected chi connectivity index (χ3v) is 18.9. The van der Waals surface area contributed by atoms with E-state index in [1.54, 1.807) is 12.1 Å². The van der Waals surface area contributed by atoms with Crippen LogP contribution in [0, 0.1) is 0 Å². The number of aldehydes is 1. The minimum absolute atomic E-state index is 0.00404. The molecule has 764 valence electrons. The lowest BCUT2D eigenvalue weighted by atomic mass is 10.1. The van der Waals surface area contributed by atoms with Gasteiger partial charge in [-0.05, 0) is 62.8 Å². The number of aliphatic hydroxyl groups excluding tert-OH is 12. The molecular weight excluding hydrogens is 1830 g/mol. The number of hydrogen-bond donors (Lipinski definition) is 35. The number of hydrogen-bond acceptors (Lipinski definition) is 37. The van der Waals surface area contributed by atoms with Crippen LogP contribution in [0.4, 0.5) is 0 Å². The zero-order valence-corrected chi connectivity index (χ0v) is 73.6. The van der Waals surface area contributed by atoms with Crippen molar-refractivity contribution in [1.82, 2.24) is 106 Å². The predicted molar refractivity (Wildman–Crippen MR) is 456 cm³/mol.